The predicted molar refractivity (Wildman–Crippen MR) is 88.8 cm³/mol. The molecule has 1 aromatic rings. The average Bonchev–Trinajstić information content (AvgIpc) is 2.47. The summed E-state index contributed by atoms with van der Waals surface area (Å²) in [7, 11) is 2.02. The first-order valence-corrected chi connectivity index (χ1v) is 7.44. The zero-order chi connectivity index (χ0) is 14.4. The molecule has 1 fully saturated rings. The predicted octanol–water partition coefficient (Wildman–Crippen LogP) is 2.03. The number of carbonyl (C=O) groups excluding carboxylic acids is 1. The fourth-order valence-corrected chi connectivity index (χ4v) is 2.81. The first-order valence-electron chi connectivity index (χ1n) is 7.44. The van der Waals surface area contributed by atoms with Gasteiger partial charge in [-0.3, -0.25) is 9.69 Å². The molecule has 0 aromatic heterocycles. The molecule has 1 heterocycles. The molecule has 4 nitrogen and oxygen atoms in total. The molecule has 1 amide bonds. The van der Waals surface area contributed by atoms with Gasteiger partial charge in [-0.15, -0.1) is 12.4 Å². The number of hydrogen-bond acceptors (Lipinski definition) is 3. The molecule has 3 N–H and O–H groups in total. The Balaban J connectivity index is 0.00000220. The SMILES string of the molecule is CNCCC1CCN(Cc2ccc(C(N)=O)cc2)CC1.Cl. The van der Waals surface area contributed by atoms with Crippen LogP contribution in [0.2, 0.25) is 0 Å². The van der Waals surface area contributed by atoms with Crippen molar-refractivity contribution in [3.63, 3.8) is 0 Å². The summed E-state index contributed by atoms with van der Waals surface area (Å²) in [5.74, 6) is 0.512. The highest BCUT2D eigenvalue weighted by Crippen LogP contribution is 2.21. The van der Waals surface area contributed by atoms with Gasteiger partial charge in [-0.25, -0.2) is 0 Å². The first-order chi connectivity index (χ1) is 9.69. The third-order valence-corrected chi connectivity index (χ3v) is 4.15. The summed E-state index contributed by atoms with van der Waals surface area (Å²) < 4.78 is 0. The molecule has 21 heavy (non-hydrogen) atoms. The van der Waals surface area contributed by atoms with Gasteiger partial charge < -0.3 is 11.1 Å². The maximum Gasteiger partial charge on any atom is 0.248 e. The van der Waals surface area contributed by atoms with E-state index in [2.05, 4.69) is 10.2 Å². The lowest BCUT2D eigenvalue weighted by atomic mass is 9.93. The standard InChI is InChI=1S/C16H25N3O.ClH/c1-18-9-6-13-7-10-19(11-8-13)12-14-2-4-15(5-3-14)16(17)20;/h2-5,13,18H,6-12H2,1H3,(H2,17,20);1H. The van der Waals surface area contributed by atoms with Crippen molar-refractivity contribution in [2.75, 3.05) is 26.7 Å². The maximum atomic E-state index is 11.0. The van der Waals surface area contributed by atoms with Gasteiger partial charge in [0.1, 0.15) is 0 Å². The summed E-state index contributed by atoms with van der Waals surface area (Å²) in [6.45, 7) is 4.44. The van der Waals surface area contributed by atoms with Gasteiger partial charge in [0.2, 0.25) is 5.91 Å². The Morgan fingerprint density at radius 3 is 2.43 bits per heavy atom. The van der Waals surface area contributed by atoms with Crippen LogP contribution in [0.15, 0.2) is 24.3 Å². The highest BCUT2D eigenvalue weighted by atomic mass is 35.5. The molecule has 0 spiro atoms. The Bertz CT molecular complexity index is 428. The van der Waals surface area contributed by atoms with Crippen LogP contribution in [0.25, 0.3) is 0 Å². The van der Waals surface area contributed by atoms with Crippen molar-refractivity contribution < 1.29 is 4.79 Å². The largest absolute Gasteiger partial charge is 0.366 e. The molecular weight excluding hydrogens is 286 g/mol. The van der Waals surface area contributed by atoms with E-state index in [-0.39, 0.29) is 18.3 Å². The summed E-state index contributed by atoms with van der Waals surface area (Å²) in [6.07, 6.45) is 3.87. The maximum absolute atomic E-state index is 11.0. The van der Waals surface area contributed by atoms with Crippen LogP contribution < -0.4 is 11.1 Å². The van der Waals surface area contributed by atoms with E-state index < -0.39 is 0 Å². The lowest BCUT2D eigenvalue weighted by Gasteiger charge is -2.32. The van der Waals surface area contributed by atoms with E-state index >= 15 is 0 Å². The highest BCUT2D eigenvalue weighted by molar-refractivity contribution is 5.92. The number of nitrogens with two attached hydrogens (primary N) is 1. The van der Waals surface area contributed by atoms with Gasteiger partial charge in [0.05, 0.1) is 0 Å². The Morgan fingerprint density at radius 2 is 1.90 bits per heavy atom. The number of nitrogens with one attached hydrogen (secondary N) is 1. The third kappa shape index (κ3) is 5.65. The van der Waals surface area contributed by atoms with Crippen LogP contribution in [0, 0.1) is 5.92 Å². The third-order valence-electron chi connectivity index (χ3n) is 4.15. The van der Waals surface area contributed by atoms with Crippen molar-refractivity contribution in [1.82, 2.24) is 10.2 Å². The van der Waals surface area contributed by atoms with E-state index in [0.29, 0.717) is 5.56 Å². The van der Waals surface area contributed by atoms with Crippen LogP contribution in [0.4, 0.5) is 0 Å². The second-order valence-electron chi connectivity index (χ2n) is 5.67. The molecule has 0 radical (unpaired) electrons. The topological polar surface area (TPSA) is 58.4 Å². The van der Waals surface area contributed by atoms with E-state index in [1.807, 2.05) is 31.3 Å². The van der Waals surface area contributed by atoms with Crippen molar-refractivity contribution in [2.45, 2.75) is 25.8 Å². The summed E-state index contributed by atoms with van der Waals surface area (Å²) in [6, 6.07) is 7.65. The minimum atomic E-state index is -0.359. The minimum Gasteiger partial charge on any atom is -0.366 e. The zero-order valence-corrected chi connectivity index (χ0v) is 13.5. The molecule has 2 rings (SSSR count). The van der Waals surface area contributed by atoms with Gasteiger partial charge in [0, 0.05) is 12.1 Å². The van der Waals surface area contributed by atoms with E-state index in [9.17, 15) is 4.79 Å². The van der Waals surface area contributed by atoms with Crippen molar-refractivity contribution in [1.29, 1.82) is 0 Å². The van der Waals surface area contributed by atoms with Gasteiger partial charge in [-0.2, -0.15) is 0 Å². The molecule has 0 unspecified atom stereocenters. The van der Waals surface area contributed by atoms with Crippen molar-refractivity contribution in [2.24, 2.45) is 11.7 Å². The fraction of sp³-hybridized carbons (Fsp3) is 0.562. The van der Waals surface area contributed by atoms with Crippen LogP contribution in [-0.4, -0.2) is 37.5 Å². The zero-order valence-electron chi connectivity index (χ0n) is 12.7. The lowest BCUT2D eigenvalue weighted by molar-refractivity contribution is 0.1000. The number of amides is 1. The molecule has 1 aliphatic heterocycles. The lowest BCUT2D eigenvalue weighted by Crippen LogP contribution is -2.34. The van der Waals surface area contributed by atoms with E-state index in [4.69, 9.17) is 5.73 Å². The molecule has 0 saturated carbocycles. The Morgan fingerprint density at radius 1 is 1.29 bits per heavy atom. The summed E-state index contributed by atoms with van der Waals surface area (Å²) in [5, 5.41) is 3.23. The molecule has 5 heteroatoms. The number of hydrogen-bond donors (Lipinski definition) is 2. The Labute approximate surface area is 133 Å². The van der Waals surface area contributed by atoms with Gasteiger partial charge in [-0.05, 0) is 69.6 Å². The number of rotatable bonds is 6. The second-order valence-corrected chi connectivity index (χ2v) is 5.67. The molecular formula is C16H26ClN3O. The van der Waals surface area contributed by atoms with Gasteiger partial charge in [0.15, 0.2) is 0 Å². The summed E-state index contributed by atoms with van der Waals surface area (Å²) in [5.41, 5.74) is 7.09. The molecule has 0 bridgehead atoms. The van der Waals surface area contributed by atoms with E-state index in [1.165, 1.54) is 37.9 Å². The molecule has 0 aliphatic carbocycles. The van der Waals surface area contributed by atoms with Crippen LogP contribution in [0.1, 0.15) is 35.2 Å². The highest BCUT2D eigenvalue weighted by Gasteiger charge is 2.18. The fourth-order valence-electron chi connectivity index (χ4n) is 2.81. The van der Waals surface area contributed by atoms with Crippen molar-refractivity contribution >= 4 is 18.3 Å². The van der Waals surface area contributed by atoms with Crippen molar-refractivity contribution in [3.05, 3.63) is 35.4 Å². The minimum absolute atomic E-state index is 0. The molecule has 1 aromatic carbocycles. The average molecular weight is 312 g/mol. The second kappa shape index (κ2) is 9.03. The first kappa shape index (κ1) is 18.0. The van der Waals surface area contributed by atoms with Crippen LogP contribution in [0.5, 0.6) is 0 Å². The van der Waals surface area contributed by atoms with Crippen LogP contribution in [-0.2, 0) is 6.54 Å². The number of halogens is 1. The Kier molecular flexibility index (Phi) is 7.72. The van der Waals surface area contributed by atoms with E-state index in [1.54, 1.807) is 0 Å². The summed E-state index contributed by atoms with van der Waals surface area (Å²) in [4.78, 5) is 13.5. The quantitative estimate of drug-likeness (QED) is 0.845. The number of carbonyl (C=O) groups is 1. The van der Waals surface area contributed by atoms with Gasteiger partial charge in [0.25, 0.3) is 0 Å². The molecule has 118 valence electrons. The number of piperidine rings is 1. The number of benzene rings is 1. The van der Waals surface area contributed by atoms with Gasteiger partial charge in [-0.1, -0.05) is 12.1 Å². The molecule has 1 aliphatic rings. The van der Waals surface area contributed by atoms with Crippen LogP contribution >= 0.6 is 12.4 Å². The monoisotopic (exact) mass is 311 g/mol. The van der Waals surface area contributed by atoms with Crippen LogP contribution in [0.3, 0.4) is 0 Å². The Hall–Kier alpha value is -1.10. The van der Waals surface area contributed by atoms with E-state index in [0.717, 1.165) is 19.0 Å². The number of likely N-dealkylation sites (tertiary alicyclic amines) is 1. The number of primary amides is 1. The normalized spacial score (nSPS) is 16.4. The van der Waals surface area contributed by atoms with Gasteiger partial charge >= 0.3 is 0 Å². The molecule has 1 saturated heterocycles. The smallest absolute Gasteiger partial charge is 0.248 e. The summed E-state index contributed by atoms with van der Waals surface area (Å²) >= 11 is 0. The number of nitrogens with zero attached hydrogens (tertiary/aromatic N) is 1. The van der Waals surface area contributed by atoms with Crippen molar-refractivity contribution in [3.8, 4) is 0 Å². The molecule has 0 atom stereocenters.